The van der Waals surface area contributed by atoms with Crippen LogP contribution in [-0.2, 0) is 9.59 Å². The van der Waals surface area contributed by atoms with Crippen LogP contribution >= 0.6 is 12.2 Å². The molecule has 1 aliphatic rings. The summed E-state index contributed by atoms with van der Waals surface area (Å²) in [7, 11) is 0. The lowest BCUT2D eigenvalue weighted by molar-refractivity contribution is -0.128. The largest absolute Gasteiger partial charge is 0.508 e. The van der Waals surface area contributed by atoms with Crippen molar-refractivity contribution >= 4 is 35.2 Å². The standard InChI is InChI=1S/C13H12N2O3S/c1-2-15-12(18)10(11(17)14-13(15)19)7-8-3-5-9(16)6-4-8/h3-7,16H,2H2,1H3,(H,14,17,19). The molecule has 6 heteroatoms. The van der Waals surface area contributed by atoms with E-state index in [1.165, 1.54) is 23.1 Å². The Morgan fingerprint density at radius 3 is 2.53 bits per heavy atom. The molecule has 0 saturated carbocycles. The molecule has 2 rings (SSSR count). The van der Waals surface area contributed by atoms with Crippen molar-refractivity contribution in [3.8, 4) is 5.75 Å². The average Bonchev–Trinajstić information content (AvgIpc) is 2.37. The lowest BCUT2D eigenvalue weighted by Crippen LogP contribution is -2.53. The summed E-state index contributed by atoms with van der Waals surface area (Å²) in [5.74, 6) is -0.796. The number of phenols is 1. The monoisotopic (exact) mass is 276 g/mol. The fourth-order valence-electron chi connectivity index (χ4n) is 1.72. The van der Waals surface area contributed by atoms with Crippen molar-refractivity contribution in [2.75, 3.05) is 6.54 Å². The number of likely N-dealkylation sites (N-methyl/N-ethyl adjacent to an activating group) is 1. The number of nitrogens with one attached hydrogen (secondary N) is 1. The zero-order valence-corrected chi connectivity index (χ0v) is 11.0. The van der Waals surface area contributed by atoms with E-state index < -0.39 is 11.8 Å². The fraction of sp³-hybridized carbons (Fsp3) is 0.154. The fourth-order valence-corrected chi connectivity index (χ4v) is 2.02. The maximum absolute atomic E-state index is 12.1. The van der Waals surface area contributed by atoms with Gasteiger partial charge >= 0.3 is 0 Å². The summed E-state index contributed by atoms with van der Waals surface area (Å²) in [6, 6.07) is 6.21. The van der Waals surface area contributed by atoms with Crippen LogP contribution in [0.25, 0.3) is 6.08 Å². The molecule has 1 heterocycles. The predicted molar refractivity (Wildman–Crippen MR) is 74.2 cm³/mol. The van der Waals surface area contributed by atoms with Gasteiger partial charge in [-0.2, -0.15) is 0 Å². The first-order chi connectivity index (χ1) is 9.02. The molecule has 1 aromatic rings. The van der Waals surface area contributed by atoms with E-state index in [2.05, 4.69) is 5.32 Å². The SMILES string of the molecule is CCN1C(=O)C(=Cc2ccc(O)cc2)C(=O)NC1=S. The van der Waals surface area contributed by atoms with Gasteiger partial charge in [0.2, 0.25) is 0 Å². The maximum atomic E-state index is 12.1. The van der Waals surface area contributed by atoms with Gasteiger partial charge in [-0.1, -0.05) is 12.1 Å². The number of phenolic OH excluding ortho intramolecular Hbond substituents is 1. The Morgan fingerprint density at radius 2 is 1.95 bits per heavy atom. The molecule has 19 heavy (non-hydrogen) atoms. The minimum Gasteiger partial charge on any atom is -0.508 e. The van der Waals surface area contributed by atoms with E-state index in [-0.39, 0.29) is 16.4 Å². The number of thiocarbonyl (C=S) groups is 1. The Bertz CT molecular complexity index is 578. The van der Waals surface area contributed by atoms with E-state index in [1.807, 2.05) is 0 Å². The first-order valence-corrected chi connectivity index (χ1v) is 6.11. The summed E-state index contributed by atoms with van der Waals surface area (Å²) in [6.45, 7) is 2.17. The Morgan fingerprint density at radius 1 is 1.32 bits per heavy atom. The van der Waals surface area contributed by atoms with Crippen LogP contribution in [0.2, 0.25) is 0 Å². The number of amides is 2. The minimum atomic E-state index is -0.507. The van der Waals surface area contributed by atoms with Gasteiger partial charge < -0.3 is 5.11 Å². The van der Waals surface area contributed by atoms with Gasteiger partial charge in [0.1, 0.15) is 11.3 Å². The summed E-state index contributed by atoms with van der Waals surface area (Å²) in [6.07, 6.45) is 1.47. The summed E-state index contributed by atoms with van der Waals surface area (Å²) < 4.78 is 0. The van der Waals surface area contributed by atoms with Gasteiger partial charge in [0.25, 0.3) is 11.8 Å². The average molecular weight is 276 g/mol. The maximum Gasteiger partial charge on any atom is 0.265 e. The van der Waals surface area contributed by atoms with Gasteiger partial charge in [-0.25, -0.2) is 0 Å². The number of hydrogen-bond donors (Lipinski definition) is 2. The van der Waals surface area contributed by atoms with Gasteiger partial charge in [-0.15, -0.1) is 0 Å². The van der Waals surface area contributed by atoms with Crippen LogP contribution in [0, 0.1) is 0 Å². The van der Waals surface area contributed by atoms with Crippen LogP contribution in [0.1, 0.15) is 12.5 Å². The van der Waals surface area contributed by atoms with E-state index in [1.54, 1.807) is 19.1 Å². The highest BCUT2D eigenvalue weighted by atomic mass is 32.1. The zero-order chi connectivity index (χ0) is 14.0. The third kappa shape index (κ3) is 2.63. The first kappa shape index (κ1) is 13.2. The highest BCUT2D eigenvalue weighted by Crippen LogP contribution is 2.16. The molecule has 0 radical (unpaired) electrons. The third-order valence-electron chi connectivity index (χ3n) is 2.71. The smallest absolute Gasteiger partial charge is 0.265 e. The molecular formula is C13H12N2O3S. The molecule has 0 aromatic heterocycles. The van der Waals surface area contributed by atoms with Crippen LogP contribution < -0.4 is 5.32 Å². The quantitative estimate of drug-likeness (QED) is 0.481. The molecule has 0 spiro atoms. The lowest BCUT2D eigenvalue weighted by Gasteiger charge is -2.27. The molecule has 0 atom stereocenters. The summed E-state index contributed by atoms with van der Waals surface area (Å²) >= 11 is 4.93. The van der Waals surface area contributed by atoms with Crippen molar-refractivity contribution in [2.24, 2.45) is 0 Å². The molecule has 5 nitrogen and oxygen atoms in total. The molecule has 0 unspecified atom stereocenters. The Kier molecular flexibility index (Phi) is 3.62. The molecule has 1 fully saturated rings. The molecule has 1 aliphatic heterocycles. The molecule has 1 aromatic carbocycles. The molecular weight excluding hydrogens is 264 g/mol. The Balaban J connectivity index is 2.36. The van der Waals surface area contributed by atoms with Crippen LogP contribution in [0.4, 0.5) is 0 Å². The van der Waals surface area contributed by atoms with Crippen molar-refractivity contribution in [3.05, 3.63) is 35.4 Å². The van der Waals surface area contributed by atoms with Crippen LogP contribution in [-0.4, -0.2) is 33.5 Å². The van der Waals surface area contributed by atoms with Crippen molar-refractivity contribution < 1.29 is 14.7 Å². The van der Waals surface area contributed by atoms with E-state index in [4.69, 9.17) is 12.2 Å². The second-order valence-corrected chi connectivity index (χ2v) is 4.34. The number of hydrogen-bond acceptors (Lipinski definition) is 4. The number of nitrogens with zero attached hydrogens (tertiary/aromatic N) is 1. The molecule has 98 valence electrons. The molecule has 2 N–H and O–H groups in total. The number of rotatable bonds is 2. The van der Waals surface area contributed by atoms with E-state index in [9.17, 15) is 14.7 Å². The number of aromatic hydroxyl groups is 1. The van der Waals surface area contributed by atoms with Gasteiger partial charge in [0.15, 0.2) is 5.11 Å². The highest BCUT2D eigenvalue weighted by Gasteiger charge is 2.32. The lowest BCUT2D eigenvalue weighted by atomic mass is 10.1. The van der Waals surface area contributed by atoms with Crippen molar-refractivity contribution in [2.45, 2.75) is 6.92 Å². The molecule has 0 bridgehead atoms. The topological polar surface area (TPSA) is 69.6 Å². The van der Waals surface area contributed by atoms with Crippen LogP contribution in [0.5, 0.6) is 5.75 Å². The molecule has 0 aliphatic carbocycles. The van der Waals surface area contributed by atoms with Crippen LogP contribution in [0.3, 0.4) is 0 Å². The van der Waals surface area contributed by atoms with Crippen molar-refractivity contribution in [1.82, 2.24) is 10.2 Å². The van der Waals surface area contributed by atoms with Crippen LogP contribution in [0.15, 0.2) is 29.8 Å². The minimum absolute atomic E-state index is 0.0288. The van der Waals surface area contributed by atoms with Gasteiger partial charge in [0.05, 0.1) is 0 Å². The highest BCUT2D eigenvalue weighted by molar-refractivity contribution is 7.80. The van der Waals surface area contributed by atoms with Crippen molar-refractivity contribution in [1.29, 1.82) is 0 Å². The van der Waals surface area contributed by atoms with E-state index in [0.29, 0.717) is 12.1 Å². The Labute approximate surface area is 115 Å². The number of carbonyl (C=O) groups is 2. The van der Waals surface area contributed by atoms with E-state index >= 15 is 0 Å². The first-order valence-electron chi connectivity index (χ1n) is 5.71. The second kappa shape index (κ2) is 5.19. The summed E-state index contributed by atoms with van der Waals surface area (Å²) in [5, 5.41) is 11.8. The normalized spacial score (nSPS) is 17.8. The predicted octanol–water partition coefficient (Wildman–Crippen LogP) is 1.04. The van der Waals surface area contributed by atoms with Gasteiger partial charge in [-0.3, -0.25) is 19.8 Å². The molecule has 2 amide bonds. The second-order valence-electron chi connectivity index (χ2n) is 3.96. The zero-order valence-electron chi connectivity index (χ0n) is 10.2. The third-order valence-corrected chi connectivity index (χ3v) is 3.03. The molecule has 1 saturated heterocycles. The summed E-state index contributed by atoms with van der Waals surface area (Å²) in [4.78, 5) is 25.2. The van der Waals surface area contributed by atoms with Crippen molar-refractivity contribution in [3.63, 3.8) is 0 Å². The Hall–Kier alpha value is -2.21. The summed E-state index contributed by atoms with van der Waals surface area (Å²) in [5.41, 5.74) is 0.682. The number of benzene rings is 1. The van der Waals surface area contributed by atoms with Gasteiger partial charge in [0, 0.05) is 6.54 Å². The van der Waals surface area contributed by atoms with E-state index in [0.717, 1.165) is 0 Å². The van der Waals surface area contributed by atoms with Gasteiger partial charge in [-0.05, 0) is 42.9 Å². The number of carbonyl (C=O) groups excluding carboxylic acids is 2.